The highest BCUT2D eigenvalue weighted by Gasteiger charge is 2.32. The van der Waals surface area contributed by atoms with Crippen LogP contribution >= 0.6 is 11.3 Å². The molecule has 0 saturated carbocycles. The van der Waals surface area contributed by atoms with Gasteiger partial charge in [0.2, 0.25) is 0 Å². The smallest absolute Gasteiger partial charge is 0.254 e. The van der Waals surface area contributed by atoms with Gasteiger partial charge in [0, 0.05) is 49.5 Å². The van der Waals surface area contributed by atoms with E-state index in [1.54, 1.807) is 11.3 Å². The van der Waals surface area contributed by atoms with Crippen molar-refractivity contribution >= 4 is 17.2 Å². The summed E-state index contributed by atoms with van der Waals surface area (Å²) < 4.78 is 6.22. The highest BCUT2D eigenvalue weighted by atomic mass is 32.1. The van der Waals surface area contributed by atoms with Crippen LogP contribution in [0.15, 0.2) is 60.2 Å². The number of ether oxygens (including phenoxy) is 1. The fourth-order valence-electron chi connectivity index (χ4n) is 4.61. The number of carbonyl (C=O) groups excluding carboxylic acids is 1. The van der Waals surface area contributed by atoms with E-state index in [9.17, 15) is 4.79 Å². The topological polar surface area (TPSA) is 58.6 Å². The zero-order valence-electron chi connectivity index (χ0n) is 18.1. The van der Waals surface area contributed by atoms with Crippen molar-refractivity contribution < 1.29 is 9.53 Å². The molecular formula is C25H28N4O2S. The van der Waals surface area contributed by atoms with E-state index in [1.165, 1.54) is 0 Å². The first-order chi connectivity index (χ1) is 15.8. The van der Waals surface area contributed by atoms with E-state index in [0.29, 0.717) is 5.56 Å². The predicted molar refractivity (Wildman–Crippen MR) is 125 cm³/mol. The van der Waals surface area contributed by atoms with Gasteiger partial charge in [-0.25, -0.2) is 4.98 Å². The van der Waals surface area contributed by atoms with E-state index >= 15 is 0 Å². The van der Waals surface area contributed by atoms with E-state index in [2.05, 4.69) is 20.9 Å². The van der Waals surface area contributed by atoms with Gasteiger partial charge in [0.05, 0.1) is 11.7 Å². The van der Waals surface area contributed by atoms with Gasteiger partial charge in [-0.1, -0.05) is 6.07 Å². The number of likely N-dealkylation sites (tertiary alicyclic amines) is 2. The van der Waals surface area contributed by atoms with Crippen molar-refractivity contribution in [3.8, 4) is 5.75 Å². The fourth-order valence-corrected chi connectivity index (χ4v) is 5.39. The maximum Gasteiger partial charge on any atom is 0.254 e. The van der Waals surface area contributed by atoms with Crippen LogP contribution in [0, 0.1) is 0 Å². The number of amides is 1. The number of rotatable bonds is 6. The Morgan fingerprint density at radius 1 is 1.00 bits per heavy atom. The minimum absolute atomic E-state index is 0.0806. The molecule has 1 atom stereocenters. The molecule has 0 radical (unpaired) electrons. The molecule has 1 amide bonds. The van der Waals surface area contributed by atoms with Crippen molar-refractivity contribution in [2.24, 2.45) is 0 Å². The molecule has 5 rings (SSSR count). The third-order valence-electron chi connectivity index (χ3n) is 6.30. The summed E-state index contributed by atoms with van der Waals surface area (Å²) in [5.74, 6) is 0.916. The van der Waals surface area contributed by atoms with Gasteiger partial charge in [-0.05, 0) is 62.1 Å². The third-order valence-corrected chi connectivity index (χ3v) is 7.18. The number of nitrogens with zero attached hydrogens (tertiary/aromatic N) is 4. The van der Waals surface area contributed by atoms with E-state index in [4.69, 9.17) is 4.74 Å². The summed E-state index contributed by atoms with van der Waals surface area (Å²) in [6.07, 6.45) is 7.88. The number of hydrogen-bond donors (Lipinski definition) is 0. The highest BCUT2D eigenvalue weighted by molar-refractivity contribution is 7.09. The van der Waals surface area contributed by atoms with Gasteiger partial charge in [-0.3, -0.25) is 14.7 Å². The van der Waals surface area contributed by atoms with Crippen molar-refractivity contribution in [2.45, 2.75) is 44.4 Å². The van der Waals surface area contributed by atoms with Gasteiger partial charge in [0.1, 0.15) is 16.9 Å². The minimum atomic E-state index is 0.0806. The van der Waals surface area contributed by atoms with E-state index in [1.807, 2.05) is 59.1 Å². The summed E-state index contributed by atoms with van der Waals surface area (Å²) in [5, 5.41) is 3.01. The highest BCUT2D eigenvalue weighted by Crippen LogP contribution is 2.34. The van der Waals surface area contributed by atoms with Crippen molar-refractivity contribution in [1.82, 2.24) is 19.8 Å². The summed E-state index contributed by atoms with van der Waals surface area (Å²) in [4.78, 5) is 26.3. The summed E-state index contributed by atoms with van der Waals surface area (Å²) in [5.41, 5.74) is 1.83. The second-order valence-electron chi connectivity index (χ2n) is 8.47. The molecular weight excluding hydrogens is 420 g/mol. The molecule has 0 aliphatic carbocycles. The van der Waals surface area contributed by atoms with Crippen molar-refractivity contribution in [2.75, 3.05) is 19.6 Å². The van der Waals surface area contributed by atoms with E-state index < -0.39 is 0 Å². The number of hydrogen-bond acceptors (Lipinski definition) is 6. The zero-order valence-corrected chi connectivity index (χ0v) is 18.9. The largest absolute Gasteiger partial charge is 0.490 e. The number of aromatic nitrogens is 2. The summed E-state index contributed by atoms with van der Waals surface area (Å²) in [6, 6.07) is 13.8. The molecule has 2 aliphatic rings. The Bertz CT molecular complexity index is 1000. The van der Waals surface area contributed by atoms with Gasteiger partial charge < -0.3 is 9.64 Å². The Morgan fingerprint density at radius 3 is 2.56 bits per heavy atom. The fraction of sp³-hybridized carbons (Fsp3) is 0.400. The molecule has 6 nitrogen and oxygen atoms in total. The lowest BCUT2D eigenvalue weighted by molar-refractivity contribution is 0.0735. The zero-order chi connectivity index (χ0) is 21.8. The van der Waals surface area contributed by atoms with Crippen LogP contribution in [0.4, 0.5) is 0 Å². The Kier molecular flexibility index (Phi) is 6.46. The Labute approximate surface area is 192 Å². The first kappa shape index (κ1) is 21.1. The van der Waals surface area contributed by atoms with Crippen molar-refractivity contribution in [3.63, 3.8) is 0 Å². The second kappa shape index (κ2) is 9.79. The lowest BCUT2D eigenvalue weighted by atomic mass is 10.1. The maximum atomic E-state index is 13.1. The van der Waals surface area contributed by atoms with Crippen molar-refractivity contribution in [1.29, 1.82) is 0 Å². The van der Waals surface area contributed by atoms with Gasteiger partial charge >= 0.3 is 0 Å². The summed E-state index contributed by atoms with van der Waals surface area (Å²) in [7, 11) is 0. The first-order valence-corrected chi connectivity index (χ1v) is 12.2. The molecule has 4 heterocycles. The maximum absolute atomic E-state index is 13.1. The molecule has 32 heavy (non-hydrogen) atoms. The van der Waals surface area contributed by atoms with Crippen LogP contribution in [0.25, 0.3) is 0 Å². The molecule has 3 aromatic rings. The number of piperidine rings is 1. The molecule has 2 aromatic heterocycles. The monoisotopic (exact) mass is 448 g/mol. The number of pyridine rings is 1. The van der Waals surface area contributed by atoms with Gasteiger partial charge in [-0.15, -0.1) is 11.3 Å². The van der Waals surface area contributed by atoms with E-state index in [-0.39, 0.29) is 18.1 Å². The van der Waals surface area contributed by atoms with Crippen LogP contribution in [0.5, 0.6) is 5.75 Å². The molecule has 2 aliphatic heterocycles. The summed E-state index contributed by atoms with van der Waals surface area (Å²) in [6.45, 7) is 3.69. The average molecular weight is 449 g/mol. The van der Waals surface area contributed by atoms with Crippen molar-refractivity contribution in [3.05, 3.63) is 76.5 Å². The molecule has 1 unspecified atom stereocenters. The average Bonchev–Trinajstić information content (AvgIpc) is 3.53. The Morgan fingerprint density at radius 2 is 1.84 bits per heavy atom. The molecule has 2 saturated heterocycles. The number of thiazole rings is 1. The van der Waals surface area contributed by atoms with E-state index in [0.717, 1.165) is 68.3 Å². The molecule has 0 bridgehead atoms. The minimum Gasteiger partial charge on any atom is -0.490 e. The molecule has 2 fully saturated rings. The Hall–Kier alpha value is -2.77. The molecule has 7 heteroatoms. The number of benzene rings is 1. The van der Waals surface area contributed by atoms with Gasteiger partial charge in [0.25, 0.3) is 5.91 Å². The molecule has 166 valence electrons. The normalized spacial score (nSPS) is 19.9. The summed E-state index contributed by atoms with van der Waals surface area (Å²) >= 11 is 1.63. The standard InChI is InChI=1S/C25H28N4O2S/c30-25(29-14-3-5-23(29)24-27-13-17-32-24)19-6-8-21(9-7-19)31-22-10-15-28(16-11-22)18-20-4-1-2-12-26-20/h1-2,4,6-9,12-13,17,22-23H,3,5,10-11,14-16,18H2. The van der Waals surface area contributed by atoms with Crippen LogP contribution in [0.3, 0.4) is 0 Å². The predicted octanol–water partition coefficient (Wildman–Crippen LogP) is 4.56. The van der Waals surface area contributed by atoms with Crippen LogP contribution in [-0.4, -0.2) is 51.4 Å². The molecule has 0 spiro atoms. The lowest BCUT2D eigenvalue weighted by Gasteiger charge is -2.32. The second-order valence-corrected chi connectivity index (χ2v) is 9.39. The van der Waals surface area contributed by atoms with Gasteiger partial charge in [0.15, 0.2) is 0 Å². The molecule has 1 aromatic carbocycles. The number of carbonyl (C=O) groups is 1. The van der Waals surface area contributed by atoms with Gasteiger partial charge in [-0.2, -0.15) is 0 Å². The Balaban J connectivity index is 1.14. The van der Waals surface area contributed by atoms with Crippen LogP contribution < -0.4 is 4.74 Å². The molecule has 0 N–H and O–H groups in total. The lowest BCUT2D eigenvalue weighted by Crippen LogP contribution is -2.38. The first-order valence-electron chi connectivity index (χ1n) is 11.4. The quantitative estimate of drug-likeness (QED) is 0.553. The SMILES string of the molecule is O=C(c1ccc(OC2CCN(Cc3ccccn3)CC2)cc1)N1CCCC1c1nccs1. The van der Waals surface area contributed by atoms with Crippen LogP contribution in [-0.2, 0) is 6.54 Å². The van der Waals surface area contributed by atoms with Crippen LogP contribution in [0.1, 0.15) is 52.8 Å². The van der Waals surface area contributed by atoms with Crippen LogP contribution in [0.2, 0.25) is 0 Å². The third kappa shape index (κ3) is 4.84.